The molecule has 0 aromatic heterocycles. The summed E-state index contributed by atoms with van der Waals surface area (Å²) in [6, 6.07) is 8.60. The monoisotopic (exact) mass is 314 g/mol. The van der Waals surface area contributed by atoms with Crippen molar-refractivity contribution >= 4 is 11.4 Å². The van der Waals surface area contributed by atoms with E-state index in [0.29, 0.717) is 5.56 Å². The van der Waals surface area contributed by atoms with Crippen LogP contribution >= 0.6 is 0 Å². The molecule has 9 heteroatoms. The zero-order chi connectivity index (χ0) is 15.2. The summed E-state index contributed by atoms with van der Waals surface area (Å²) in [6.07, 6.45) is -9.86. The van der Waals surface area contributed by atoms with Gasteiger partial charge in [-0.25, -0.2) is 0 Å². The maximum atomic E-state index is 12.3. The first-order valence-electron chi connectivity index (χ1n) is 5.45. The minimum atomic E-state index is -4.97. The SMILES string of the molecule is O=S(O)O[C@@H](COCc1ccccc1)[C@@H](O)C(F)(F)F. The molecular weight excluding hydrogens is 301 g/mol. The minimum absolute atomic E-state index is 0.0106. The van der Waals surface area contributed by atoms with Crippen molar-refractivity contribution < 1.29 is 36.0 Å². The molecule has 0 heterocycles. The molecule has 0 bridgehead atoms. The Morgan fingerprint density at radius 1 is 1.25 bits per heavy atom. The Balaban J connectivity index is 2.55. The van der Waals surface area contributed by atoms with E-state index >= 15 is 0 Å². The summed E-state index contributed by atoms with van der Waals surface area (Å²) in [5, 5.41) is 9.02. The first-order chi connectivity index (χ1) is 9.30. The Labute approximate surface area is 115 Å². The van der Waals surface area contributed by atoms with E-state index in [2.05, 4.69) is 4.18 Å². The Bertz CT molecular complexity index is 426. The van der Waals surface area contributed by atoms with Gasteiger partial charge in [-0.1, -0.05) is 30.3 Å². The van der Waals surface area contributed by atoms with E-state index in [1.165, 1.54) is 0 Å². The number of ether oxygens (including phenoxy) is 1. The number of aliphatic hydroxyl groups excluding tert-OH is 1. The average Bonchev–Trinajstić information content (AvgIpc) is 2.36. The first-order valence-corrected chi connectivity index (χ1v) is 6.48. The van der Waals surface area contributed by atoms with E-state index in [4.69, 9.17) is 14.4 Å². The Kier molecular flexibility index (Phi) is 6.56. The van der Waals surface area contributed by atoms with E-state index in [9.17, 15) is 17.4 Å². The highest BCUT2D eigenvalue weighted by Gasteiger charge is 2.45. The number of halogens is 3. The fourth-order valence-corrected chi connectivity index (χ4v) is 1.73. The third-order valence-corrected chi connectivity index (χ3v) is 2.70. The molecule has 1 aromatic rings. The quantitative estimate of drug-likeness (QED) is 0.749. The van der Waals surface area contributed by atoms with E-state index in [1.807, 2.05) is 0 Å². The van der Waals surface area contributed by atoms with Crippen LogP contribution in [0.2, 0.25) is 0 Å². The fourth-order valence-electron chi connectivity index (χ4n) is 1.36. The van der Waals surface area contributed by atoms with Gasteiger partial charge in [0.25, 0.3) is 0 Å². The van der Waals surface area contributed by atoms with Crippen molar-refractivity contribution in [2.45, 2.75) is 25.0 Å². The van der Waals surface area contributed by atoms with Gasteiger partial charge in [-0.05, 0) is 5.56 Å². The lowest BCUT2D eigenvalue weighted by Gasteiger charge is -2.23. The first kappa shape index (κ1) is 17.1. The standard InChI is InChI=1S/C11H13F3O5S/c12-11(13,14)10(15)9(19-20(16)17)7-18-6-8-4-2-1-3-5-8/h1-5,9-10,15H,6-7H2,(H,16,17)/t9-,10+/m0/s1. The average molecular weight is 314 g/mol. The normalized spacial score (nSPS) is 16.6. The van der Waals surface area contributed by atoms with Crippen molar-refractivity contribution in [1.29, 1.82) is 0 Å². The molecule has 0 saturated carbocycles. The van der Waals surface area contributed by atoms with Gasteiger partial charge in [0.2, 0.25) is 0 Å². The molecule has 1 rings (SSSR count). The summed E-state index contributed by atoms with van der Waals surface area (Å²) in [5.74, 6) is 0. The van der Waals surface area contributed by atoms with Crippen LogP contribution in [0.5, 0.6) is 0 Å². The lowest BCUT2D eigenvalue weighted by Crippen LogP contribution is -2.44. The van der Waals surface area contributed by atoms with Crippen LogP contribution in [0.15, 0.2) is 30.3 Å². The molecule has 0 amide bonds. The van der Waals surface area contributed by atoms with E-state index in [0.717, 1.165) is 0 Å². The van der Waals surface area contributed by atoms with Crippen molar-refractivity contribution in [2.24, 2.45) is 0 Å². The van der Waals surface area contributed by atoms with Crippen molar-refractivity contribution in [3.8, 4) is 0 Å². The molecule has 0 spiro atoms. The molecule has 1 unspecified atom stereocenters. The van der Waals surface area contributed by atoms with Crippen LogP contribution in [0.4, 0.5) is 13.2 Å². The maximum Gasteiger partial charge on any atom is 0.417 e. The van der Waals surface area contributed by atoms with Crippen LogP contribution in [0.1, 0.15) is 5.56 Å². The maximum absolute atomic E-state index is 12.3. The molecule has 3 atom stereocenters. The fraction of sp³-hybridized carbons (Fsp3) is 0.455. The molecule has 2 N–H and O–H groups in total. The molecule has 0 radical (unpaired) electrons. The van der Waals surface area contributed by atoms with Crippen molar-refractivity contribution in [3.05, 3.63) is 35.9 Å². The molecule has 20 heavy (non-hydrogen) atoms. The van der Waals surface area contributed by atoms with Crippen LogP contribution in [-0.2, 0) is 26.9 Å². The van der Waals surface area contributed by atoms with Crippen LogP contribution < -0.4 is 0 Å². The summed E-state index contributed by atoms with van der Waals surface area (Å²) in [5.41, 5.74) is 0.706. The van der Waals surface area contributed by atoms with Gasteiger partial charge >= 0.3 is 17.5 Å². The smallest absolute Gasteiger partial charge is 0.381 e. The summed E-state index contributed by atoms with van der Waals surface area (Å²) in [7, 11) is 0. The lowest BCUT2D eigenvalue weighted by molar-refractivity contribution is -0.231. The largest absolute Gasteiger partial charge is 0.417 e. The summed E-state index contributed by atoms with van der Waals surface area (Å²) in [6.45, 7) is -0.689. The Morgan fingerprint density at radius 3 is 2.35 bits per heavy atom. The highest BCUT2D eigenvalue weighted by atomic mass is 32.2. The molecule has 0 saturated heterocycles. The number of alkyl halides is 3. The zero-order valence-corrected chi connectivity index (χ0v) is 10.9. The molecule has 0 aliphatic rings. The highest BCUT2D eigenvalue weighted by Crippen LogP contribution is 2.24. The molecule has 0 aliphatic carbocycles. The van der Waals surface area contributed by atoms with E-state index < -0.39 is 36.4 Å². The van der Waals surface area contributed by atoms with Crippen molar-refractivity contribution in [3.63, 3.8) is 0 Å². The van der Waals surface area contributed by atoms with E-state index in [1.54, 1.807) is 30.3 Å². The molecule has 0 aliphatic heterocycles. The van der Waals surface area contributed by atoms with E-state index in [-0.39, 0.29) is 6.61 Å². The topological polar surface area (TPSA) is 76.0 Å². The number of hydrogen-bond acceptors (Lipinski definition) is 4. The Hall–Kier alpha value is -1.00. The van der Waals surface area contributed by atoms with Gasteiger partial charge in [0.1, 0.15) is 6.10 Å². The number of hydrogen-bond donors (Lipinski definition) is 2. The molecular formula is C11H13F3O5S. The van der Waals surface area contributed by atoms with Gasteiger partial charge in [-0.15, -0.1) is 0 Å². The third-order valence-electron chi connectivity index (χ3n) is 2.29. The second-order valence-electron chi connectivity index (χ2n) is 3.84. The predicted molar refractivity (Wildman–Crippen MR) is 63.8 cm³/mol. The minimum Gasteiger partial charge on any atom is -0.381 e. The predicted octanol–water partition coefficient (Wildman–Crippen LogP) is 1.65. The molecule has 114 valence electrons. The third kappa shape index (κ3) is 5.97. The number of rotatable bonds is 7. The van der Waals surface area contributed by atoms with Gasteiger partial charge in [0.15, 0.2) is 6.10 Å². The Morgan fingerprint density at radius 2 is 1.85 bits per heavy atom. The summed E-state index contributed by atoms with van der Waals surface area (Å²) in [4.78, 5) is 0. The van der Waals surface area contributed by atoms with Gasteiger partial charge in [0, 0.05) is 0 Å². The molecule has 5 nitrogen and oxygen atoms in total. The van der Waals surface area contributed by atoms with Gasteiger partial charge in [0.05, 0.1) is 13.2 Å². The number of benzene rings is 1. The molecule has 0 fully saturated rings. The summed E-state index contributed by atoms with van der Waals surface area (Å²) < 4.78 is 65.0. The van der Waals surface area contributed by atoms with Crippen LogP contribution in [0.3, 0.4) is 0 Å². The number of aliphatic hydroxyl groups is 1. The lowest BCUT2D eigenvalue weighted by atomic mass is 10.2. The van der Waals surface area contributed by atoms with Gasteiger partial charge in [-0.2, -0.15) is 17.4 Å². The second-order valence-corrected chi connectivity index (χ2v) is 4.47. The van der Waals surface area contributed by atoms with Crippen LogP contribution in [0.25, 0.3) is 0 Å². The highest BCUT2D eigenvalue weighted by molar-refractivity contribution is 7.74. The second kappa shape index (κ2) is 7.70. The van der Waals surface area contributed by atoms with Crippen molar-refractivity contribution in [1.82, 2.24) is 0 Å². The van der Waals surface area contributed by atoms with Gasteiger partial charge in [-0.3, -0.25) is 8.74 Å². The van der Waals surface area contributed by atoms with Crippen molar-refractivity contribution in [2.75, 3.05) is 6.61 Å². The van der Waals surface area contributed by atoms with Crippen LogP contribution in [0, 0.1) is 0 Å². The van der Waals surface area contributed by atoms with Crippen LogP contribution in [-0.4, -0.2) is 38.9 Å². The molecule has 1 aromatic carbocycles. The summed E-state index contributed by atoms with van der Waals surface area (Å²) >= 11 is -2.94. The van der Waals surface area contributed by atoms with Gasteiger partial charge < -0.3 is 9.84 Å². The zero-order valence-electron chi connectivity index (χ0n) is 10.1.